The van der Waals surface area contributed by atoms with Crippen LogP contribution in [0.15, 0.2) is 24.4 Å². The molecule has 7 nitrogen and oxygen atoms in total. The van der Waals surface area contributed by atoms with Crippen molar-refractivity contribution in [2.24, 2.45) is 7.05 Å². The highest BCUT2D eigenvalue weighted by molar-refractivity contribution is 5.55. The van der Waals surface area contributed by atoms with Crippen LogP contribution in [0.2, 0.25) is 0 Å². The Labute approximate surface area is 149 Å². The maximum absolute atomic E-state index is 13.6. The summed E-state index contributed by atoms with van der Waals surface area (Å²) in [6.07, 6.45) is 3.29. The van der Waals surface area contributed by atoms with Gasteiger partial charge in [-0.3, -0.25) is 9.25 Å². The molecule has 0 radical (unpaired) electrons. The van der Waals surface area contributed by atoms with E-state index in [1.54, 1.807) is 47.7 Å². The highest BCUT2D eigenvalue weighted by Gasteiger charge is 2.26. The molecule has 4 rings (SSSR count). The van der Waals surface area contributed by atoms with Gasteiger partial charge in [0.2, 0.25) is 0 Å². The molecule has 0 aliphatic carbocycles. The molecule has 1 aliphatic rings. The summed E-state index contributed by atoms with van der Waals surface area (Å²) in [5.41, 5.74) is 0.812. The Hall–Kier alpha value is -2.55. The van der Waals surface area contributed by atoms with Crippen LogP contribution in [0, 0.1) is 6.92 Å². The number of ether oxygens (including phenoxy) is 1. The number of halogens is 2. The zero-order chi connectivity index (χ0) is 18.3. The second-order valence-electron chi connectivity index (χ2n) is 6.41. The lowest BCUT2D eigenvalue weighted by atomic mass is 10.00. The van der Waals surface area contributed by atoms with Gasteiger partial charge in [0, 0.05) is 37.9 Å². The quantitative estimate of drug-likeness (QED) is 0.716. The summed E-state index contributed by atoms with van der Waals surface area (Å²) < 4.78 is 36.8. The molecule has 9 heteroatoms. The first kappa shape index (κ1) is 16.9. The maximum atomic E-state index is 13.6. The predicted molar refractivity (Wildman–Crippen MR) is 90.3 cm³/mol. The van der Waals surface area contributed by atoms with Gasteiger partial charge in [-0.25, -0.2) is 4.98 Å². The lowest BCUT2D eigenvalue weighted by Crippen LogP contribution is -2.15. The van der Waals surface area contributed by atoms with E-state index in [4.69, 9.17) is 4.74 Å². The SMILES string of the molecule is Cc1ccc(-c2nc(C3CCOCC3)nn2-c2ccnn2C)n1C(F)F. The molecule has 4 heterocycles. The Balaban J connectivity index is 1.87. The topological polar surface area (TPSA) is 62.7 Å². The van der Waals surface area contributed by atoms with E-state index in [1.807, 2.05) is 0 Å². The Morgan fingerprint density at radius 3 is 2.62 bits per heavy atom. The molecule has 0 aromatic carbocycles. The maximum Gasteiger partial charge on any atom is 0.319 e. The summed E-state index contributed by atoms with van der Waals surface area (Å²) in [7, 11) is 1.78. The summed E-state index contributed by atoms with van der Waals surface area (Å²) in [4.78, 5) is 4.66. The second kappa shape index (κ2) is 6.64. The molecule has 26 heavy (non-hydrogen) atoms. The van der Waals surface area contributed by atoms with Crippen molar-refractivity contribution in [1.82, 2.24) is 29.1 Å². The number of aryl methyl sites for hydroxylation is 2. The lowest BCUT2D eigenvalue weighted by Gasteiger charge is -2.18. The molecular weight excluding hydrogens is 342 g/mol. The zero-order valence-electron chi connectivity index (χ0n) is 14.6. The molecule has 0 atom stereocenters. The van der Waals surface area contributed by atoms with Gasteiger partial charge in [0.05, 0.1) is 11.9 Å². The van der Waals surface area contributed by atoms with Crippen LogP contribution in [0.25, 0.3) is 17.3 Å². The fourth-order valence-electron chi connectivity index (χ4n) is 3.35. The molecule has 0 unspecified atom stereocenters. The molecule has 0 N–H and O–H groups in total. The van der Waals surface area contributed by atoms with E-state index >= 15 is 0 Å². The minimum atomic E-state index is -2.65. The van der Waals surface area contributed by atoms with E-state index in [-0.39, 0.29) is 5.92 Å². The van der Waals surface area contributed by atoms with Gasteiger partial charge in [0.25, 0.3) is 0 Å². The van der Waals surface area contributed by atoms with E-state index in [1.165, 1.54) is 0 Å². The van der Waals surface area contributed by atoms with Crippen molar-refractivity contribution in [1.29, 1.82) is 0 Å². The van der Waals surface area contributed by atoms with Crippen molar-refractivity contribution in [3.05, 3.63) is 35.9 Å². The Bertz CT molecular complexity index is 906. The summed E-state index contributed by atoms with van der Waals surface area (Å²) in [5, 5.41) is 8.82. The average molecular weight is 362 g/mol. The first-order chi connectivity index (χ1) is 12.6. The predicted octanol–water partition coefficient (Wildman–Crippen LogP) is 3.07. The fraction of sp³-hybridized carbons (Fsp3) is 0.471. The Kier molecular flexibility index (Phi) is 4.31. The van der Waals surface area contributed by atoms with Crippen molar-refractivity contribution in [2.75, 3.05) is 13.2 Å². The molecule has 1 fully saturated rings. The van der Waals surface area contributed by atoms with Crippen LogP contribution < -0.4 is 0 Å². The van der Waals surface area contributed by atoms with Gasteiger partial charge < -0.3 is 4.74 Å². The van der Waals surface area contributed by atoms with Crippen molar-refractivity contribution < 1.29 is 13.5 Å². The van der Waals surface area contributed by atoms with Crippen LogP contribution in [-0.4, -0.2) is 42.3 Å². The molecule has 0 bridgehead atoms. The van der Waals surface area contributed by atoms with Gasteiger partial charge in [-0.2, -0.15) is 18.6 Å². The minimum Gasteiger partial charge on any atom is -0.381 e. The molecule has 1 aliphatic heterocycles. The number of hydrogen-bond acceptors (Lipinski definition) is 4. The third-order valence-corrected chi connectivity index (χ3v) is 4.77. The molecular formula is C17H20F2N6O. The van der Waals surface area contributed by atoms with Crippen molar-refractivity contribution in [3.63, 3.8) is 0 Å². The van der Waals surface area contributed by atoms with Crippen LogP contribution in [0.1, 0.15) is 36.8 Å². The first-order valence-corrected chi connectivity index (χ1v) is 8.55. The van der Waals surface area contributed by atoms with Crippen LogP contribution in [0.3, 0.4) is 0 Å². The highest BCUT2D eigenvalue weighted by atomic mass is 19.3. The van der Waals surface area contributed by atoms with E-state index < -0.39 is 6.55 Å². The van der Waals surface area contributed by atoms with Crippen molar-refractivity contribution in [3.8, 4) is 17.3 Å². The van der Waals surface area contributed by atoms with Gasteiger partial charge in [0.1, 0.15) is 0 Å². The minimum absolute atomic E-state index is 0.160. The molecule has 0 saturated carbocycles. The van der Waals surface area contributed by atoms with E-state index in [0.29, 0.717) is 42.1 Å². The molecule has 3 aromatic heterocycles. The summed E-state index contributed by atoms with van der Waals surface area (Å²) >= 11 is 0. The van der Waals surface area contributed by atoms with Gasteiger partial charge in [0.15, 0.2) is 17.5 Å². The molecule has 138 valence electrons. The normalized spacial score (nSPS) is 15.9. The molecule has 1 saturated heterocycles. The number of aromatic nitrogens is 6. The van der Waals surface area contributed by atoms with Gasteiger partial charge in [-0.05, 0) is 31.9 Å². The number of alkyl halides is 2. The van der Waals surface area contributed by atoms with Crippen molar-refractivity contribution in [2.45, 2.75) is 32.2 Å². The van der Waals surface area contributed by atoms with E-state index in [9.17, 15) is 8.78 Å². The zero-order valence-corrected chi connectivity index (χ0v) is 14.6. The lowest BCUT2D eigenvalue weighted by molar-refractivity contribution is 0.0702. The third kappa shape index (κ3) is 2.82. The van der Waals surface area contributed by atoms with E-state index in [0.717, 1.165) is 17.4 Å². The Morgan fingerprint density at radius 1 is 1.19 bits per heavy atom. The average Bonchev–Trinajstić information content (AvgIpc) is 3.33. The largest absolute Gasteiger partial charge is 0.381 e. The Morgan fingerprint density at radius 2 is 1.96 bits per heavy atom. The number of rotatable bonds is 4. The summed E-state index contributed by atoms with van der Waals surface area (Å²) in [5.74, 6) is 1.88. The van der Waals surface area contributed by atoms with Crippen LogP contribution in [-0.2, 0) is 11.8 Å². The molecule has 0 amide bonds. The highest BCUT2D eigenvalue weighted by Crippen LogP contribution is 2.31. The smallest absolute Gasteiger partial charge is 0.319 e. The van der Waals surface area contributed by atoms with Gasteiger partial charge in [-0.1, -0.05) is 0 Å². The standard InChI is InChI=1S/C17H20F2N6O/c1-11-3-4-13(24(11)17(18)19)16-21-15(12-6-9-26-10-7-12)22-25(16)14-5-8-20-23(14)2/h3-5,8,12,17H,6-7,9-10H2,1-2H3. The van der Waals surface area contributed by atoms with Gasteiger partial charge in [-0.15, -0.1) is 5.10 Å². The van der Waals surface area contributed by atoms with Crippen LogP contribution >= 0.6 is 0 Å². The van der Waals surface area contributed by atoms with Crippen LogP contribution in [0.4, 0.5) is 8.78 Å². The van der Waals surface area contributed by atoms with Crippen LogP contribution in [0.5, 0.6) is 0 Å². The fourth-order valence-corrected chi connectivity index (χ4v) is 3.35. The summed E-state index contributed by atoms with van der Waals surface area (Å²) in [6, 6.07) is 5.11. The number of nitrogens with zero attached hydrogens (tertiary/aromatic N) is 6. The molecule has 3 aromatic rings. The monoisotopic (exact) mass is 362 g/mol. The van der Waals surface area contributed by atoms with Gasteiger partial charge >= 0.3 is 6.55 Å². The van der Waals surface area contributed by atoms with Crippen molar-refractivity contribution >= 4 is 0 Å². The first-order valence-electron chi connectivity index (χ1n) is 8.55. The third-order valence-electron chi connectivity index (χ3n) is 4.77. The molecule has 0 spiro atoms. The number of hydrogen-bond donors (Lipinski definition) is 0. The van der Waals surface area contributed by atoms with E-state index in [2.05, 4.69) is 15.2 Å². The summed E-state index contributed by atoms with van der Waals surface area (Å²) in [6.45, 7) is 0.322. The second-order valence-corrected chi connectivity index (χ2v) is 6.41.